The summed E-state index contributed by atoms with van der Waals surface area (Å²) in [5.41, 5.74) is 1.86. The summed E-state index contributed by atoms with van der Waals surface area (Å²) in [7, 11) is 0. The van der Waals surface area contributed by atoms with E-state index in [1.54, 1.807) is 0 Å². The summed E-state index contributed by atoms with van der Waals surface area (Å²) in [5.74, 6) is 3.39. The molecule has 2 aliphatic rings. The molecule has 0 aliphatic heterocycles. The number of aliphatic hydroxyl groups is 2. The Labute approximate surface area is 155 Å². The van der Waals surface area contributed by atoms with Gasteiger partial charge in [0.2, 0.25) is 0 Å². The first kappa shape index (κ1) is 18.7. The summed E-state index contributed by atoms with van der Waals surface area (Å²) in [5, 5.41) is 17.6. The molecule has 140 valence electrons. The largest absolute Gasteiger partial charge is 0.493 e. The van der Waals surface area contributed by atoms with E-state index < -0.39 is 0 Å². The Morgan fingerprint density at radius 2 is 0.962 bits per heavy atom. The van der Waals surface area contributed by atoms with Crippen LogP contribution < -0.4 is 9.47 Å². The van der Waals surface area contributed by atoms with Crippen molar-refractivity contribution in [1.29, 1.82) is 0 Å². The molecule has 0 aromatic heterocycles. The maximum atomic E-state index is 8.82. The Morgan fingerprint density at radius 1 is 0.615 bits per heavy atom. The first-order chi connectivity index (χ1) is 12.8. The second-order valence-electron chi connectivity index (χ2n) is 7.11. The van der Waals surface area contributed by atoms with Crippen molar-refractivity contribution in [2.24, 2.45) is 11.8 Å². The van der Waals surface area contributed by atoms with E-state index in [0.717, 1.165) is 47.7 Å². The number of hydrogen-bond acceptors (Lipinski definition) is 4. The van der Waals surface area contributed by atoms with Crippen LogP contribution in [0.25, 0.3) is 0 Å². The van der Waals surface area contributed by atoms with Crippen LogP contribution in [0, 0.1) is 11.8 Å². The standard InChI is InChI=1S/2C11H14O2/c2*12-7-9-3-5-11(6-4-9)13-8-10-1-2-10/h2*3-6,10,12H,1-2,7-8H2. The maximum Gasteiger partial charge on any atom is 0.119 e. The van der Waals surface area contributed by atoms with E-state index in [4.69, 9.17) is 19.7 Å². The van der Waals surface area contributed by atoms with Gasteiger partial charge < -0.3 is 19.7 Å². The molecule has 2 N–H and O–H groups in total. The van der Waals surface area contributed by atoms with Gasteiger partial charge in [-0.15, -0.1) is 0 Å². The van der Waals surface area contributed by atoms with Crippen molar-refractivity contribution >= 4 is 0 Å². The summed E-state index contributed by atoms with van der Waals surface area (Å²) in [4.78, 5) is 0. The predicted molar refractivity (Wildman–Crippen MR) is 101 cm³/mol. The molecule has 0 spiro atoms. The maximum absolute atomic E-state index is 8.82. The van der Waals surface area contributed by atoms with Crippen LogP contribution in [0.1, 0.15) is 36.8 Å². The average molecular weight is 356 g/mol. The quantitative estimate of drug-likeness (QED) is 0.752. The van der Waals surface area contributed by atoms with Gasteiger partial charge >= 0.3 is 0 Å². The summed E-state index contributed by atoms with van der Waals surface area (Å²) in [6.45, 7) is 1.89. The van der Waals surface area contributed by atoms with E-state index in [1.165, 1.54) is 25.7 Å². The lowest BCUT2D eigenvalue weighted by molar-refractivity contribution is 0.280. The smallest absolute Gasteiger partial charge is 0.119 e. The van der Waals surface area contributed by atoms with Gasteiger partial charge in [0.05, 0.1) is 26.4 Å². The highest BCUT2D eigenvalue weighted by Crippen LogP contribution is 2.30. The highest BCUT2D eigenvalue weighted by molar-refractivity contribution is 5.27. The minimum absolute atomic E-state index is 0.100. The molecule has 0 bridgehead atoms. The van der Waals surface area contributed by atoms with E-state index in [2.05, 4.69) is 0 Å². The lowest BCUT2D eigenvalue weighted by Crippen LogP contribution is -1.98. The molecule has 0 radical (unpaired) electrons. The number of ether oxygens (including phenoxy) is 2. The molecule has 4 heteroatoms. The van der Waals surface area contributed by atoms with Crippen LogP contribution in [-0.4, -0.2) is 23.4 Å². The zero-order valence-electron chi connectivity index (χ0n) is 15.1. The fourth-order valence-electron chi connectivity index (χ4n) is 2.38. The predicted octanol–water partition coefficient (Wildman–Crippen LogP) is 3.94. The molecule has 2 aromatic carbocycles. The minimum Gasteiger partial charge on any atom is -0.493 e. The number of benzene rings is 2. The Kier molecular flexibility index (Phi) is 6.92. The van der Waals surface area contributed by atoms with Crippen molar-refractivity contribution < 1.29 is 19.7 Å². The van der Waals surface area contributed by atoms with Gasteiger partial charge in [-0.1, -0.05) is 24.3 Å². The first-order valence-electron chi connectivity index (χ1n) is 9.42. The number of rotatable bonds is 8. The highest BCUT2D eigenvalue weighted by Gasteiger charge is 2.22. The molecule has 0 saturated heterocycles. The minimum atomic E-state index is 0.100. The Balaban J connectivity index is 0.000000151. The topological polar surface area (TPSA) is 58.9 Å². The van der Waals surface area contributed by atoms with Gasteiger partial charge in [-0.2, -0.15) is 0 Å². The van der Waals surface area contributed by atoms with Gasteiger partial charge in [0, 0.05) is 0 Å². The molecule has 2 saturated carbocycles. The van der Waals surface area contributed by atoms with Crippen LogP contribution in [-0.2, 0) is 13.2 Å². The molecule has 0 heterocycles. The van der Waals surface area contributed by atoms with Crippen molar-refractivity contribution in [3.63, 3.8) is 0 Å². The lowest BCUT2D eigenvalue weighted by atomic mass is 10.2. The van der Waals surface area contributed by atoms with Crippen LogP contribution in [0.5, 0.6) is 11.5 Å². The molecular weight excluding hydrogens is 328 g/mol. The van der Waals surface area contributed by atoms with Crippen LogP contribution >= 0.6 is 0 Å². The summed E-state index contributed by atoms with van der Waals surface area (Å²) in [6, 6.07) is 15.2. The van der Waals surface area contributed by atoms with Crippen molar-refractivity contribution in [2.45, 2.75) is 38.9 Å². The lowest BCUT2D eigenvalue weighted by Gasteiger charge is -2.04. The Morgan fingerprint density at radius 3 is 1.23 bits per heavy atom. The highest BCUT2D eigenvalue weighted by atomic mass is 16.5. The zero-order chi connectivity index (χ0) is 18.2. The molecule has 0 amide bonds. The van der Waals surface area contributed by atoms with Crippen molar-refractivity contribution in [1.82, 2.24) is 0 Å². The monoisotopic (exact) mass is 356 g/mol. The van der Waals surface area contributed by atoms with Crippen molar-refractivity contribution in [3.8, 4) is 11.5 Å². The van der Waals surface area contributed by atoms with Gasteiger partial charge in [0.15, 0.2) is 0 Å². The third-order valence-corrected chi connectivity index (χ3v) is 4.58. The van der Waals surface area contributed by atoms with Crippen LogP contribution in [0.15, 0.2) is 48.5 Å². The van der Waals surface area contributed by atoms with E-state index in [1.807, 2.05) is 48.5 Å². The van der Waals surface area contributed by atoms with Gasteiger partial charge in [0.1, 0.15) is 11.5 Å². The first-order valence-corrected chi connectivity index (χ1v) is 9.42. The average Bonchev–Trinajstić information content (AvgIpc) is 3.61. The van der Waals surface area contributed by atoms with E-state index in [-0.39, 0.29) is 13.2 Å². The Hall–Kier alpha value is -2.04. The van der Waals surface area contributed by atoms with E-state index in [0.29, 0.717) is 0 Å². The third kappa shape index (κ3) is 6.70. The van der Waals surface area contributed by atoms with Crippen molar-refractivity contribution in [2.75, 3.05) is 13.2 Å². The third-order valence-electron chi connectivity index (χ3n) is 4.58. The van der Waals surface area contributed by atoms with Gasteiger partial charge in [-0.05, 0) is 72.9 Å². The van der Waals surface area contributed by atoms with Gasteiger partial charge in [0.25, 0.3) is 0 Å². The SMILES string of the molecule is OCc1ccc(OCC2CC2)cc1.OCc1ccc(OCC2CC2)cc1. The summed E-state index contributed by atoms with van der Waals surface area (Å²) in [6.07, 6.45) is 5.26. The van der Waals surface area contributed by atoms with Crippen LogP contribution in [0.4, 0.5) is 0 Å². The molecule has 2 fully saturated rings. The van der Waals surface area contributed by atoms with Crippen molar-refractivity contribution in [3.05, 3.63) is 59.7 Å². The normalized spacial score (nSPS) is 15.8. The fourth-order valence-corrected chi connectivity index (χ4v) is 2.38. The Bertz CT molecular complexity index is 583. The molecule has 0 atom stereocenters. The van der Waals surface area contributed by atoms with E-state index >= 15 is 0 Å². The molecule has 2 aliphatic carbocycles. The fraction of sp³-hybridized carbons (Fsp3) is 0.455. The summed E-state index contributed by atoms with van der Waals surface area (Å²) < 4.78 is 11.1. The second-order valence-corrected chi connectivity index (χ2v) is 7.11. The van der Waals surface area contributed by atoms with Gasteiger partial charge in [-0.25, -0.2) is 0 Å². The van der Waals surface area contributed by atoms with E-state index in [9.17, 15) is 0 Å². The molecular formula is C22H28O4. The molecule has 4 rings (SSSR count). The van der Waals surface area contributed by atoms with Crippen LogP contribution in [0.3, 0.4) is 0 Å². The molecule has 26 heavy (non-hydrogen) atoms. The molecule has 0 unspecified atom stereocenters. The number of hydrogen-bond donors (Lipinski definition) is 2. The van der Waals surface area contributed by atoms with Gasteiger partial charge in [-0.3, -0.25) is 0 Å². The second kappa shape index (κ2) is 9.60. The number of aliphatic hydroxyl groups excluding tert-OH is 2. The summed E-state index contributed by atoms with van der Waals surface area (Å²) >= 11 is 0. The molecule has 4 nitrogen and oxygen atoms in total. The van der Waals surface area contributed by atoms with Crippen LogP contribution in [0.2, 0.25) is 0 Å². The zero-order valence-corrected chi connectivity index (χ0v) is 15.1. The molecule has 2 aromatic rings.